The van der Waals surface area contributed by atoms with E-state index in [0.717, 1.165) is 33.7 Å². The lowest BCUT2D eigenvalue weighted by atomic mass is 10.00. The van der Waals surface area contributed by atoms with E-state index >= 15 is 0 Å². The predicted octanol–water partition coefficient (Wildman–Crippen LogP) is 8.52. The van der Waals surface area contributed by atoms with Gasteiger partial charge in [0, 0.05) is 46.6 Å². The molecule has 0 spiro atoms. The smallest absolute Gasteiger partial charge is 0.420 e. The highest BCUT2D eigenvalue weighted by Gasteiger charge is 2.36. The van der Waals surface area contributed by atoms with Crippen LogP contribution in [0.5, 0.6) is 5.75 Å². The molecule has 0 aliphatic heterocycles. The number of ether oxygens (including phenoxy) is 1. The second kappa shape index (κ2) is 16.9. The fourth-order valence-corrected chi connectivity index (χ4v) is 6.81. The van der Waals surface area contributed by atoms with Gasteiger partial charge in [-0.3, -0.25) is 4.79 Å². The highest BCUT2D eigenvalue weighted by molar-refractivity contribution is 7.99. The summed E-state index contributed by atoms with van der Waals surface area (Å²) in [4.78, 5) is 13.0. The van der Waals surface area contributed by atoms with Crippen molar-refractivity contribution in [3.8, 4) is 16.9 Å². The number of amides is 1. The normalized spacial score (nSPS) is 11.6. The van der Waals surface area contributed by atoms with Crippen LogP contribution in [0.1, 0.15) is 21.5 Å². The van der Waals surface area contributed by atoms with Crippen LogP contribution in [0.15, 0.2) is 131 Å². The van der Waals surface area contributed by atoms with E-state index in [0.29, 0.717) is 42.2 Å². The first-order valence-corrected chi connectivity index (χ1v) is 18.3. The number of anilines is 1. The van der Waals surface area contributed by atoms with Crippen LogP contribution in [0, 0.1) is 0 Å². The van der Waals surface area contributed by atoms with Crippen LogP contribution in [0.25, 0.3) is 11.1 Å². The molecule has 50 heavy (non-hydrogen) atoms. The van der Waals surface area contributed by atoms with Crippen LogP contribution >= 0.6 is 23.4 Å². The van der Waals surface area contributed by atoms with E-state index in [-0.39, 0.29) is 12.2 Å². The van der Waals surface area contributed by atoms with E-state index in [1.54, 1.807) is 12.1 Å². The Kier molecular flexibility index (Phi) is 12.5. The zero-order valence-electron chi connectivity index (χ0n) is 26.5. The minimum absolute atomic E-state index is 0.0166. The molecule has 260 valence electrons. The number of carbonyl (C=O) groups is 1. The summed E-state index contributed by atoms with van der Waals surface area (Å²) in [6, 6.07) is 33.5. The van der Waals surface area contributed by atoms with Crippen molar-refractivity contribution in [2.45, 2.75) is 22.5 Å². The predicted molar refractivity (Wildman–Crippen MR) is 192 cm³/mol. The van der Waals surface area contributed by atoms with Gasteiger partial charge in [-0.15, -0.1) is 11.8 Å². The topological polar surface area (TPSA) is 96.5 Å². The highest BCUT2D eigenvalue weighted by atomic mass is 35.5. The van der Waals surface area contributed by atoms with Crippen LogP contribution in [0.4, 0.5) is 18.9 Å². The second-order valence-corrected chi connectivity index (χ2v) is 14.2. The van der Waals surface area contributed by atoms with E-state index in [1.165, 1.54) is 23.9 Å². The number of nitrogens with one attached hydrogen (secondary N) is 3. The molecule has 0 saturated carbocycles. The molecule has 5 aromatic rings. The summed E-state index contributed by atoms with van der Waals surface area (Å²) in [5.74, 6) is -1.11. The number of carbonyl (C=O) groups excluding carboxylic acids is 1. The number of benzene rings is 5. The summed E-state index contributed by atoms with van der Waals surface area (Å²) in [6.45, 7) is 1.80. The number of alkyl halides is 3. The third-order valence-electron chi connectivity index (χ3n) is 7.41. The lowest BCUT2D eigenvalue weighted by Gasteiger charge is -2.16. The summed E-state index contributed by atoms with van der Waals surface area (Å²) in [7, 11) is -4.63. The first kappa shape index (κ1) is 36.8. The zero-order valence-corrected chi connectivity index (χ0v) is 28.9. The Balaban J connectivity index is 1.12. The minimum atomic E-state index is -4.89. The Labute approximate surface area is 298 Å². The number of rotatable bonds is 15. The average Bonchev–Trinajstić information content (AvgIpc) is 3.10. The number of thioether (sulfide) groups is 1. The van der Waals surface area contributed by atoms with Crippen LogP contribution in [0.2, 0.25) is 5.02 Å². The second-order valence-electron chi connectivity index (χ2n) is 10.9. The van der Waals surface area contributed by atoms with Crippen molar-refractivity contribution in [2.24, 2.45) is 0 Å². The van der Waals surface area contributed by atoms with Gasteiger partial charge >= 0.3 is 6.18 Å². The summed E-state index contributed by atoms with van der Waals surface area (Å²) < 4.78 is 74.7. The van der Waals surface area contributed by atoms with Gasteiger partial charge in [-0.05, 0) is 83.4 Å². The summed E-state index contributed by atoms with van der Waals surface area (Å²) >= 11 is 7.44. The Hall–Kier alpha value is -4.49. The molecular weight excluding hydrogens is 707 g/mol. The number of hydrogen-bond donors (Lipinski definition) is 3. The molecule has 13 heteroatoms. The number of halogens is 4. The van der Waals surface area contributed by atoms with Gasteiger partial charge < -0.3 is 15.4 Å². The van der Waals surface area contributed by atoms with Crippen molar-refractivity contribution in [3.63, 3.8) is 0 Å². The fraction of sp³-hybridized carbons (Fsp3) is 0.162. The third-order valence-corrected chi connectivity index (χ3v) is 9.97. The van der Waals surface area contributed by atoms with Gasteiger partial charge in [0.25, 0.3) is 15.9 Å². The van der Waals surface area contributed by atoms with Gasteiger partial charge in [-0.25, -0.2) is 13.1 Å². The summed E-state index contributed by atoms with van der Waals surface area (Å²) in [6.07, 6.45) is -4.89. The molecule has 7 nitrogen and oxygen atoms in total. The maximum atomic E-state index is 13.9. The fourth-order valence-electron chi connectivity index (χ4n) is 4.93. The molecule has 0 aromatic heterocycles. The molecule has 0 heterocycles. The van der Waals surface area contributed by atoms with Gasteiger partial charge in [-0.2, -0.15) is 13.2 Å². The van der Waals surface area contributed by atoms with Crippen LogP contribution in [-0.4, -0.2) is 39.8 Å². The van der Waals surface area contributed by atoms with Gasteiger partial charge in [0.1, 0.15) is 5.75 Å². The SMILES string of the molecule is O=C(NS(=O)(=O)c1ccc(OCCSc2ccccc2)c(C(F)(F)F)c1)c1ccc(NCCNCc2ccccc2-c2ccc(Cl)cc2)cc1. The van der Waals surface area contributed by atoms with Gasteiger partial charge in [0.2, 0.25) is 0 Å². The van der Waals surface area contributed by atoms with Crippen molar-refractivity contribution in [2.75, 3.05) is 30.8 Å². The van der Waals surface area contributed by atoms with E-state index in [2.05, 4.69) is 22.8 Å². The molecule has 0 fully saturated rings. The molecule has 0 radical (unpaired) electrons. The molecule has 1 amide bonds. The molecule has 0 aliphatic rings. The molecule has 5 aromatic carbocycles. The van der Waals surface area contributed by atoms with Gasteiger partial charge in [0.05, 0.1) is 17.1 Å². The molecule has 0 bridgehead atoms. The van der Waals surface area contributed by atoms with E-state index in [4.69, 9.17) is 16.3 Å². The molecular formula is C37H33ClF3N3O4S2. The van der Waals surface area contributed by atoms with Gasteiger partial charge in [-0.1, -0.05) is 66.2 Å². The largest absolute Gasteiger partial charge is 0.492 e. The Morgan fingerprint density at radius 2 is 1.52 bits per heavy atom. The van der Waals surface area contributed by atoms with Crippen molar-refractivity contribution in [1.82, 2.24) is 10.0 Å². The number of hydrogen-bond acceptors (Lipinski definition) is 7. The third kappa shape index (κ3) is 10.3. The van der Waals surface area contributed by atoms with Crippen LogP contribution < -0.4 is 20.1 Å². The molecule has 0 unspecified atom stereocenters. The molecule has 0 atom stereocenters. The van der Waals surface area contributed by atoms with E-state index in [1.807, 2.05) is 71.5 Å². The highest BCUT2D eigenvalue weighted by Crippen LogP contribution is 2.38. The van der Waals surface area contributed by atoms with E-state index in [9.17, 15) is 26.4 Å². The minimum Gasteiger partial charge on any atom is -0.492 e. The number of sulfonamides is 1. The van der Waals surface area contributed by atoms with Crippen LogP contribution in [-0.2, 0) is 22.7 Å². The molecule has 3 N–H and O–H groups in total. The first-order chi connectivity index (χ1) is 24.0. The van der Waals surface area contributed by atoms with Crippen LogP contribution in [0.3, 0.4) is 0 Å². The lowest BCUT2D eigenvalue weighted by Crippen LogP contribution is -2.30. The monoisotopic (exact) mass is 739 g/mol. The van der Waals surface area contributed by atoms with Crippen molar-refractivity contribution >= 4 is 45.0 Å². The standard InChI is InChI=1S/C37H33ClF3N3O4S2/c38-29-14-10-26(11-15-29)33-9-5-4-6-28(33)25-42-20-21-43-30-16-12-27(13-17-30)36(45)44-50(46,47)32-18-19-35(34(24-32)37(39,40)41)48-22-23-49-31-7-2-1-3-8-31/h1-19,24,42-43H,20-23,25H2,(H,44,45). The maximum absolute atomic E-state index is 13.9. The van der Waals surface area contributed by atoms with Crippen molar-refractivity contribution in [3.05, 3.63) is 143 Å². The average molecular weight is 740 g/mol. The quantitative estimate of drug-likeness (QED) is 0.0732. The summed E-state index contributed by atoms with van der Waals surface area (Å²) in [5.41, 5.74) is 2.77. The van der Waals surface area contributed by atoms with Gasteiger partial charge in [0.15, 0.2) is 0 Å². The molecule has 0 aliphatic carbocycles. The first-order valence-electron chi connectivity index (χ1n) is 15.5. The van der Waals surface area contributed by atoms with E-state index < -0.39 is 38.3 Å². The Morgan fingerprint density at radius 3 is 2.24 bits per heavy atom. The Morgan fingerprint density at radius 1 is 0.820 bits per heavy atom. The summed E-state index contributed by atoms with van der Waals surface area (Å²) in [5, 5.41) is 7.31. The molecule has 0 saturated heterocycles. The molecule has 5 rings (SSSR count). The zero-order chi connectivity index (χ0) is 35.6. The van der Waals surface area contributed by atoms with Crippen molar-refractivity contribution in [1.29, 1.82) is 0 Å². The Bertz CT molecular complexity index is 2000. The lowest BCUT2D eigenvalue weighted by molar-refractivity contribution is -0.139. The van der Waals surface area contributed by atoms with Crippen molar-refractivity contribution < 1.29 is 31.1 Å². The maximum Gasteiger partial charge on any atom is 0.420 e.